The predicted molar refractivity (Wildman–Crippen MR) is 100 cm³/mol. The molecular weight excluding hydrogens is 350 g/mol. The van der Waals surface area contributed by atoms with E-state index in [1.54, 1.807) is 42.5 Å². The average Bonchev–Trinajstić information content (AvgIpc) is 2.62. The molecule has 0 unspecified atom stereocenters. The van der Waals surface area contributed by atoms with Crippen LogP contribution in [0.25, 0.3) is 0 Å². The lowest BCUT2D eigenvalue weighted by Crippen LogP contribution is -2.22. The average molecular weight is 369 g/mol. The van der Waals surface area contributed by atoms with Crippen LogP contribution in [0.1, 0.15) is 23.7 Å². The Balaban J connectivity index is 1.93. The van der Waals surface area contributed by atoms with Gasteiger partial charge in [-0.2, -0.15) is 0 Å². The lowest BCUT2D eigenvalue weighted by Gasteiger charge is -2.10. The zero-order valence-electron chi connectivity index (χ0n) is 14.9. The fraction of sp³-hybridized carbons (Fsp3) is 0.158. The summed E-state index contributed by atoms with van der Waals surface area (Å²) in [5.74, 6) is -1.88. The quantitative estimate of drug-likeness (QED) is 0.534. The van der Waals surface area contributed by atoms with E-state index in [1.807, 2.05) is 0 Å². The summed E-state index contributed by atoms with van der Waals surface area (Å²) in [6.45, 7) is 1.40. The molecule has 140 valence electrons. The molecule has 2 aromatic carbocycles. The Morgan fingerprint density at radius 1 is 0.815 bits per heavy atom. The number of rotatable bonds is 6. The molecule has 0 saturated carbocycles. The minimum absolute atomic E-state index is 0.197. The zero-order chi connectivity index (χ0) is 19.8. The van der Waals surface area contributed by atoms with Gasteiger partial charge in [-0.25, -0.2) is 4.79 Å². The summed E-state index contributed by atoms with van der Waals surface area (Å²) in [5.41, 5.74) is 1.54. The SMILES string of the molecule is COC(=O)c1ccccc1NC(=O)CC(=O)Nc1ccc(NC(C)=O)cc1. The second-order valence-corrected chi connectivity index (χ2v) is 5.57. The molecule has 0 fully saturated rings. The normalized spacial score (nSPS) is 9.85. The van der Waals surface area contributed by atoms with E-state index in [0.29, 0.717) is 11.4 Å². The second kappa shape index (κ2) is 9.14. The lowest BCUT2D eigenvalue weighted by atomic mass is 10.1. The molecule has 2 rings (SSSR count). The van der Waals surface area contributed by atoms with Gasteiger partial charge in [0.15, 0.2) is 0 Å². The van der Waals surface area contributed by atoms with Crippen molar-refractivity contribution in [2.24, 2.45) is 0 Å². The smallest absolute Gasteiger partial charge is 0.339 e. The Morgan fingerprint density at radius 3 is 1.96 bits per heavy atom. The maximum absolute atomic E-state index is 12.1. The summed E-state index contributed by atoms with van der Waals surface area (Å²) < 4.78 is 4.66. The van der Waals surface area contributed by atoms with Crippen LogP contribution in [-0.2, 0) is 19.1 Å². The molecule has 0 saturated heterocycles. The first-order valence-corrected chi connectivity index (χ1v) is 8.03. The van der Waals surface area contributed by atoms with Gasteiger partial charge >= 0.3 is 5.97 Å². The van der Waals surface area contributed by atoms with Crippen molar-refractivity contribution in [2.75, 3.05) is 23.1 Å². The van der Waals surface area contributed by atoms with Gasteiger partial charge in [0, 0.05) is 18.3 Å². The van der Waals surface area contributed by atoms with Crippen molar-refractivity contribution in [3.8, 4) is 0 Å². The highest BCUT2D eigenvalue weighted by Crippen LogP contribution is 2.17. The minimum atomic E-state index is -0.588. The van der Waals surface area contributed by atoms with Crippen molar-refractivity contribution < 1.29 is 23.9 Å². The molecule has 3 N–H and O–H groups in total. The van der Waals surface area contributed by atoms with Crippen molar-refractivity contribution in [3.05, 3.63) is 54.1 Å². The lowest BCUT2D eigenvalue weighted by molar-refractivity contribution is -0.123. The molecular formula is C19H19N3O5. The number of carbonyl (C=O) groups excluding carboxylic acids is 4. The highest BCUT2D eigenvalue weighted by Gasteiger charge is 2.15. The van der Waals surface area contributed by atoms with Crippen molar-refractivity contribution in [3.63, 3.8) is 0 Å². The van der Waals surface area contributed by atoms with Crippen molar-refractivity contribution >= 4 is 40.8 Å². The Hall–Kier alpha value is -3.68. The summed E-state index contributed by atoms with van der Waals surface area (Å²) in [7, 11) is 1.24. The summed E-state index contributed by atoms with van der Waals surface area (Å²) in [5, 5.41) is 7.72. The van der Waals surface area contributed by atoms with Crippen molar-refractivity contribution in [1.29, 1.82) is 0 Å². The highest BCUT2D eigenvalue weighted by atomic mass is 16.5. The van der Waals surface area contributed by atoms with E-state index in [9.17, 15) is 19.2 Å². The Kier molecular flexibility index (Phi) is 6.65. The van der Waals surface area contributed by atoms with E-state index in [-0.39, 0.29) is 17.2 Å². The molecule has 0 bridgehead atoms. The Morgan fingerprint density at radius 2 is 1.37 bits per heavy atom. The third kappa shape index (κ3) is 5.96. The number of nitrogens with one attached hydrogen (secondary N) is 3. The number of anilines is 3. The molecule has 0 aliphatic rings. The molecule has 8 heteroatoms. The predicted octanol–water partition coefficient (Wildman–Crippen LogP) is 2.40. The number of methoxy groups -OCH3 is 1. The molecule has 0 radical (unpaired) electrons. The van der Waals surface area contributed by atoms with Crippen LogP contribution in [0.2, 0.25) is 0 Å². The summed E-state index contributed by atoms with van der Waals surface area (Å²) in [6.07, 6.45) is -0.428. The fourth-order valence-electron chi connectivity index (χ4n) is 2.27. The first-order chi connectivity index (χ1) is 12.9. The van der Waals surface area contributed by atoms with Crippen LogP contribution in [-0.4, -0.2) is 30.8 Å². The molecule has 0 heterocycles. The number of carbonyl (C=O) groups is 4. The number of benzene rings is 2. The summed E-state index contributed by atoms with van der Waals surface area (Å²) in [4.78, 5) is 46.8. The number of para-hydroxylation sites is 1. The molecule has 0 spiro atoms. The topological polar surface area (TPSA) is 114 Å². The molecule has 2 aromatic rings. The van der Waals surface area contributed by atoms with E-state index >= 15 is 0 Å². The fourth-order valence-corrected chi connectivity index (χ4v) is 2.27. The molecule has 0 aromatic heterocycles. The number of hydrogen-bond donors (Lipinski definition) is 3. The van der Waals surface area contributed by atoms with Gasteiger partial charge in [-0.1, -0.05) is 12.1 Å². The van der Waals surface area contributed by atoms with Gasteiger partial charge in [-0.3, -0.25) is 14.4 Å². The van der Waals surface area contributed by atoms with Gasteiger partial charge in [-0.15, -0.1) is 0 Å². The van der Waals surface area contributed by atoms with Crippen LogP contribution in [0.4, 0.5) is 17.1 Å². The number of hydrogen-bond acceptors (Lipinski definition) is 5. The highest BCUT2D eigenvalue weighted by molar-refractivity contribution is 6.10. The largest absolute Gasteiger partial charge is 0.465 e. The molecule has 0 atom stereocenters. The zero-order valence-corrected chi connectivity index (χ0v) is 14.9. The maximum Gasteiger partial charge on any atom is 0.339 e. The third-order valence-corrected chi connectivity index (χ3v) is 3.42. The van der Waals surface area contributed by atoms with E-state index in [0.717, 1.165) is 0 Å². The Labute approximate surface area is 155 Å². The first kappa shape index (κ1) is 19.6. The number of ether oxygens (including phenoxy) is 1. The van der Waals surface area contributed by atoms with Gasteiger partial charge in [-0.05, 0) is 36.4 Å². The molecule has 0 aliphatic heterocycles. The van der Waals surface area contributed by atoms with E-state index in [1.165, 1.54) is 20.1 Å². The molecule has 3 amide bonds. The summed E-state index contributed by atoms with van der Waals surface area (Å²) in [6, 6.07) is 12.8. The van der Waals surface area contributed by atoms with Gasteiger partial charge in [0.25, 0.3) is 0 Å². The molecule has 0 aliphatic carbocycles. The van der Waals surface area contributed by atoms with E-state index in [4.69, 9.17) is 0 Å². The van der Waals surface area contributed by atoms with Crippen LogP contribution < -0.4 is 16.0 Å². The third-order valence-electron chi connectivity index (χ3n) is 3.42. The minimum Gasteiger partial charge on any atom is -0.465 e. The van der Waals surface area contributed by atoms with E-state index in [2.05, 4.69) is 20.7 Å². The number of amides is 3. The van der Waals surface area contributed by atoms with Crippen LogP contribution in [0, 0.1) is 0 Å². The monoisotopic (exact) mass is 369 g/mol. The van der Waals surface area contributed by atoms with Gasteiger partial charge in [0.1, 0.15) is 6.42 Å². The van der Waals surface area contributed by atoms with Gasteiger partial charge < -0.3 is 20.7 Å². The van der Waals surface area contributed by atoms with Crippen molar-refractivity contribution in [2.45, 2.75) is 13.3 Å². The van der Waals surface area contributed by atoms with Gasteiger partial charge in [0.05, 0.1) is 18.4 Å². The molecule has 27 heavy (non-hydrogen) atoms. The van der Waals surface area contributed by atoms with Crippen LogP contribution >= 0.6 is 0 Å². The maximum atomic E-state index is 12.1. The first-order valence-electron chi connectivity index (χ1n) is 8.03. The van der Waals surface area contributed by atoms with Crippen LogP contribution in [0.3, 0.4) is 0 Å². The molecule has 8 nitrogen and oxygen atoms in total. The summed E-state index contributed by atoms with van der Waals surface area (Å²) >= 11 is 0. The van der Waals surface area contributed by atoms with E-state index < -0.39 is 24.2 Å². The van der Waals surface area contributed by atoms with Crippen LogP contribution in [0.5, 0.6) is 0 Å². The van der Waals surface area contributed by atoms with Gasteiger partial charge in [0.2, 0.25) is 17.7 Å². The Bertz CT molecular complexity index is 862. The second-order valence-electron chi connectivity index (χ2n) is 5.57. The van der Waals surface area contributed by atoms with Crippen molar-refractivity contribution in [1.82, 2.24) is 0 Å². The number of esters is 1. The van der Waals surface area contributed by atoms with Crippen LogP contribution in [0.15, 0.2) is 48.5 Å². The standard InChI is InChI=1S/C19H19N3O5/c1-12(23)20-13-7-9-14(10-8-13)21-17(24)11-18(25)22-16-6-4-3-5-15(16)19(26)27-2/h3-10H,11H2,1-2H3,(H,20,23)(H,21,24)(H,22,25).